The van der Waals surface area contributed by atoms with Crippen LogP contribution in [0.1, 0.15) is 39.2 Å². The van der Waals surface area contributed by atoms with Gasteiger partial charge in [0.25, 0.3) is 0 Å². The summed E-state index contributed by atoms with van der Waals surface area (Å²) in [4.78, 5) is 0. The van der Waals surface area contributed by atoms with Crippen LogP contribution in [-0.2, 0) is 9.98 Å². The molecule has 3 rings (SSSR count). The van der Waals surface area contributed by atoms with E-state index in [1.807, 2.05) is 36.4 Å². The van der Waals surface area contributed by atoms with E-state index in [1.54, 1.807) is 0 Å². The van der Waals surface area contributed by atoms with Gasteiger partial charge in [0, 0.05) is 16.0 Å². The van der Waals surface area contributed by atoms with Crippen LogP contribution in [0.5, 0.6) is 0 Å². The van der Waals surface area contributed by atoms with Crippen LogP contribution in [-0.4, -0.2) is 0 Å². The van der Waals surface area contributed by atoms with Gasteiger partial charge in [-0.2, -0.15) is 0 Å². The van der Waals surface area contributed by atoms with Crippen molar-refractivity contribution in [2.24, 2.45) is 0 Å². The van der Waals surface area contributed by atoms with Crippen molar-refractivity contribution in [3.63, 3.8) is 0 Å². The zero-order chi connectivity index (χ0) is 15.8. The maximum Gasteiger partial charge on any atom is 0.167 e. The van der Waals surface area contributed by atoms with Crippen LogP contribution < -0.4 is 10.6 Å². The minimum Gasteiger partial charge on any atom is -0.309 e. The topological polar surface area (TPSA) is 17.1 Å². The molecule has 1 atom stereocenters. The number of allylic oxidation sites excluding steroid dienone is 2. The molecular weight excluding hydrogens is 287 g/mol. The molecule has 114 valence electrons. The molecule has 1 nitrogen and oxygen atoms in total. The van der Waals surface area contributed by atoms with Gasteiger partial charge in [-0.15, -0.1) is 0 Å². The average Bonchev–Trinajstić information content (AvgIpc) is 2.53. The van der Waals surface area contributed by atoms with Gasteiger partial charge < -0.3 is 4.57 Å². The molecular formula is C20H23OP. The summed E-state index contributed by atoms with van der Waals surface area (Å²) in [6, 6.07) is 18.2. The van der Waals surface area contributed by atoms with Gasteiger partial charge in [-0.05, 0) is 17.3 Å². The summed E-state index contributed by atoms with van der Waals surface area (Å²) < 4.78 is 14.2. The van der Waals surface area contributed by atoms with Crippen LogP contribution >= 0.6 is 7.14 Å². The highest BCUT2D eigenvalue weighted by atomic mass is 31.2. The molecule has 0 amide bonds. The van der Waals surface area contributed by atoms with E-state index in [1.165, 1.54) is 5.56 Å². The SMILES string of the molecule is CCCC1=CC(C)(C)c2ccccc2[P@]1(=O)c1ccccc1. The number of hydrogen-bond donors (Lipinski definition) is 0. The van der Waals surface area contributed by atoms with Gasteiger partial charge in [0.2, 0.25) is 0 Å². The minimum absolute atomic E-state index is 0.0657. The van der Waals surface area contributed by atoms with Crippen molar-refractivity contribution in [1.82, 2.24) is 0 Å². The van der Waals surface area contributed by atoms with E-state index in [0.29, 0.717) is 0 Å². The Bertz CT molecular complexity index is 756. The van der Waals surface area contributed by atoms with E-state index < -0.39 is 7.14 Å². The Hall–Kier alpha value is -1.59. The summed E-state index contributed by atoms with van der Waals surface area (Å²) >= 11 is 0. The van der Waals surface area contributed by atoms with Crippen molar-refractivity contribution in [1.29, 1.82) is 0 Å². The third-order valence-corrected chi connectivity index (χ3v) is 7.75. The van der Waals surface area contributed by atoms with Crippen LogP contribution in [0.25, 0.3) is 0 Å². The number of hydrogen-bond acceptors (Lipinski definition) is 1. The molecule has 0 fully saturated rings. The molecule has 0 saturated carbocycles. The molecule has 22 heavy (non-hydrogen) atoms. The van der Waals surface area contributed by atoms with Crippen molar-refractivity contribution < 1.29 is 4.57 Å². The van der Waals surface area contributed by atoms with Crippen LogP contribution in [0.3, 0.4) is 0 Å². The molecule has 0 saturated heterocycles. The number of fused-ring (bicyclic) bond motifs is 1. The lowest BCUT2D eigenvalue weighted by molar-refractivity contribution is 0.583. The first-order chi connectivity index (χ1) is 10.5. The summed E-state index contributed by atoms with van der Waals surface area (Å²) in [6.07, 6.45) is 4.16. The zero-order valence-electron chi connectivity index (χ0n) is 13.5. The highest BCUT2D eigenvalue weighted by Crippen LogP contribution is 2.58. The summed E-state index contributed by atoms with van der Waals surface area (Å²) in [6.45, 7) is 6.59. The quantitative estimate of drug-likeness (QED) is 0.731. The smallest absolute Gasteiger partial charge is 0.167 e. The lowest BCUT2D eigenvalue weighted by Crippen LogP contribution is -2.32. The van der Waals surface area contributed by atoms with Crippen molar-refractivity contribution in [2.75, 3.05) is 0 Å². The van der Waals surface area contributed by atoms with Gasteiger partial charge in [-0.1, -0.05) is 87.9 Å². The van der Waals surface area contributed by atoms with Gasteiger partial charge >= 0.3 is 0 Å². The molecule has 2 aromatic rings. The second-order valence-electron chi connectivity index (χ2n) is 6.57. The summed E-state index contributed by atoms with van der Waals surface area (Å²) in [5.74, 6) is 0. The molecule has 1 aliphatic heterocycles. The fraction of sp³-hybridized carbons (Fsp3) is 0.300. The second kappa shape index (κ2) is 5.56. The van der Waals surface area contributed by atoms with E-state index in [-0.39, 0.29) is 5.41 Å². The van der Waals surface area contributed by atoms with Gasteiger partial charge in [0.1, 0.15) is 0 Å². The lowest BCUT2D eigenvalue weighted by atomic mass is 9.83. The van der Waals surface area contributed by atoms with E-state index in [4.69, 9.17) is 0 Å². The first-order valence-corrected chi connectivity index (χ1v) is 9.69. The Morgan fingerprint density at radius 2 is 1.59 bits per heavy atom. The number of rotatable bonds is 3. The van der Waals surface area contributed by atoms with Crippen molar-refractivity contribution in [2.45, 2.75) is 39.0 Å². The maximum atomic E-state index is 14.2. The molecule has 0 aromatic heterocycles. The second-order valence-corrected chi connectivity index (χ2v) is 9.36. The van der Waals surface area contributed by atoms with E-state index in [0.717, 1.165) is 28.8 Å². The first-order valence-electron chi connectivity index (χ1n) is 7.98. The molecule has 1 aliphatic rings. The molecule has 0 spiro atoms. The number of benzene rings is 2. The fourth-order valence-electron chi connectivity index (χ4n) is 3.46. The van der Waals surface area contributed by atoms with Crippen molar-refractivity contribution in [3.8, 4) is 0 Å². The lowest BCUT2D eigenvalue weighted by Gasteiger charge is -2.36. The van der Waals surface area contributed by atoms with Gasteiger partial charge in [-0.25, -0.2) is 0 Å². The third kappa shape index (κ3) is 2.29. The third-order valence-electron chi connectivity index (χ3n) is 4.50. The predicted octanol–water partition coefficient (Wildman–Crippen LogP) is 4.98. The molecule has 1 heterocycles. The Labute approximate surface area is 133 Å². The molecule has 2 heteroatoms. The summed E-state index contributed by atoms with van der Waals surface area (Å²) in [5.41, 5.74) is 1.13. The largest absolute Gasteiger partial charge is 0.309 e. The Balaban J connectivity index is 2.33. The predicted molar refractivity (Wildman–Crippen MR) is 95.8 cm³/mol. The van der Waals surface area contributed by atoms with Crippen LogP contribution in [0.2, 0.25) is 0 Å². The van der Waals surface area contributed by atoms with Gasteiger partial charge in [0.05, 0.1) is 0 Å². The summed E-state index contributed by atoms with van der Waals surface area (Å²) in [7, 11) is -2.70. The van der Waals surface area contributed by atoms with Gasteiger partial charge in [0.15, 0.2) is 7.14 Å². The molecule has 2 aromatic carbocycles. The Morgan fingerprint density at radius 1 is 0.955 bits per heavy atom. The molecule has 0 aliphatic carbocycles. The van der Waals surface area contributed by atoms with Crippen LogP contribution in [0.4, 0.5) is 0 Å². The molecule has 0 N–H and O–H groups in total. The molecule has 0 bridgehead atoms. The van der Waals surface area contributed by atoms with E-state index >= 15 is 0 Å². The Morgan fingerprint density at radius 3 is 2.27 bits per heavy atom. The first kappa shape index (κ1) is 15.3. The molecule has 0 unspecified atom stereocenters. The zero-order valence-corrected chi connectivity index (χ0v) is 14.4. The van der Waals surface area contributed by atoms with Crippen molar-refractivity contribution >= 4 is 17.8 Å². The van der Waals surface area contributed by atoms with E-state index in [9.17, 15) is 4.57 Å². The van der Waals surface area contributed by atoms with Gasteiger partial charge in [-0.3, -0.25) is 0 Å². The monoisotopic (exact) mass is 310 g/mol. The average molecular weight is 310 g/mol. The van der Waals surface area contributed by atoms with Crippen LogP contribution in [0.15, 0.2) is 66.0 Å². The van der Waals surface area contributed by atoms with E-state index in [2.05, 4.69) is 45.0 Å². The maximum absolute atomic E-state index is 14.2. The highest BCUT2D eigenvalue weighted by molar-refractivity contribution is 7.82. The summed E-state index contributed by atoms with van der Waals surface area (Å²) in [5, 5.41) is 3.10. The highest BCUT2D eigenvalue weighted by Gasteiger charge is 2.40. The van der Waals surface area contributed by atoms with Crippen molar-refractivity contribution in [3.05, 3.63) is 71.6 Å². The Kier molecular flexibility index (Phi) is 3.87. The van der Waals surface area contributed by atoms with Crippen LogP contribution in [0, 0.1) is 0 Å². The molecule has 0 radical (unpaired) electrons. The minimum atomic E-state index is -2.70. The normalized spacial score (nSPS) is 22.8. The standard InChI is InChI=1S/C20H23OP/c1-4-10-17-15-20(2,3)18-13-8-9-14-19(18)22(17,21)16-11-6-5-7-12-16/h5-9,11-15H,4,10H2,1-3H3/t22-/m0/s1. The fourth-order valence-corrected chi connectivity index (χ4v) is 7.01.